The number of hydrogen-bond donors (Lipinski definition) is 0. The van der Waals surface area contributed by atoms with Crippen LogP contribution in [0.25, 0.3) is 0 Å². The summed E-state index contributed by atoms with van der Waals surface area (Å²) in [7, 11) is 0. The van der Waals surface area contributed by atoms with Crippen molar-refractivity contribution in [3.63, 3.8) is 0 Å². The van der Waals surface area contributed by atoms with Gasteiger partial charge in [-0.2, -0.15) is 0 Å². The first-order chi connectivity index (χ1) is 16.1. The second-order valence-electron chi connectivity index (χ2n) is 13.6. The maximum Gasteiger partial charge on any atom is 0.302 e. The third-order valence-corrected chi connectivity index (χ3v) is 12.0. The van der Waals surface area contributed by atoms with Crippen molar-refractivity contribution in [3.05, 3.63) is 0 Å². The van der Waals surface area contributed by atoms with E-state index >= 15 is 0 Å². The van der Waals surface area contributed by atoms with Gasteiger partial charge in [-0.05, 0) is 97.7 Å². The number of hydrogen-bond acceptors (Lipinski definition) is 5. The van der Waals surface area contributed by atoms with Gasteiger partial charge in [0.1, 0.15) is 6.10 Å². The molecule has 0 aromatic rings. The van der Waals surface area contributed by atoms with Gasteiger partial charge in [0.05, 0.1) is 12.7 Å². The summed E-state index contributed by atoms with van der Waals surface area (Å²) in [6.45, 7) is 11.6. The summed E-state index contributed by atoms with van der Waals surface area (Å²) in [5, 5.41) is 0. The molecule has 0 N–H and O–H groups in total. The van der Waals surface area contributed by atoms with Gasteiger partial charge < -0.3 is 14.2 Å². The highest BCUT2D eigenvalue weighted by molar-refractivity contribution is 5.87. The van der Waals surface area contributed by atoms with E-state index in [1.54, 1.807) is 6.92 Å². The summed E-state index contributed by atoms with van der Waals surface area (Å²) in [6, 6.07) is 0. The van der Waals surface area contributed by atoms with Gasteiger partial charge in [0.2, 0.25) is 5.79 Å². The van der Waals surface area contributed by atoms with E-state index in [9.17, 15) is 9.59 Å². The number of fused-ring (bicyclic) bond motifs is 7. The molecule has 4 aliphatic carbocycles. The Morgan fingerprint density at radius 2 is 1.76 bits per heavy atom. The number of Topliss-reactive ketones (excluding diaryl/α,β-unsaturated/α-hetero) is 1. The highest BCUT2D eigenvalue weighted by Gasteiger charge is 2.70. The second-order valence-corrected chi connectivity index (χ2v) is 13.6. The fraction of sp³-hybridized carbons (Fsp3) is 0.931. The Labute approximate surface area is 205 Å². The van der Waals surface area contributed by atoms with Crippen molar-refractivity contribution < 1.29 is 23.8 Å². The van der Waals surface area contributed by atoms with Crippen molar-refractivity contribution in [3.8, 4) is 0 Å². The Bertz CT molecular complexity index is 871. The van der Waals surface area contributed by atoms with Crippen LogP contribution in [0.3, 0.4) is 0 Å². The van der Waals surface area contributed by atoms with Crippen molar-refractivity contribution in [2.45, 2.75) is 110 Å². The molecule has 5 heteroatoms. The molecular weight excluding hydrogens is 428 g/mol. The van der Waals surface area contributed by atoms with Gasteiger partial charge in [0.25, 0.3) is 0 Å². The van der Waals surface area contributed by atoms with E-state index in [1.807, 2.05) is 0 Å². The van der Waals surface area contributed by atoms with Crippen LogP contribution >= 0.6 is 0 Å². The highest BCUT2D eigenvalue weighted by Crippen LogP contribution is 2.71. The van der Waals surface area contributed by atoms with E-state index < -0.39 is 5.79 Å². The molecule has 0 aromatic heterocycles. The van der Waals surface area contributed by atoms with Crippen molar-refractivity contribution >= 4 is 11.8 Å². The summed E-state index contributed by atoms with van der Waals surface area (Å²) in [5.41, 5.74) is 0.602. The fourth-order valence-electron chi connectivity index (χ4n) is 10.5. The number of ketones is 1. The van der Waals surface area contributed by atoms with Gasteiger partial charge in [0.15, 0.2) is 5.78 Å². The van der Waals surface area contributed by atoms with Crippen LogP contribution < -0.4 is 0 Å². The Morgan fingerprint density at radius 1 is 1.00 bits per heavy atom. The summed E-state index contributed by atoms with van der Waals surface area (Å²) in [4.78, 5) is 24.7. The third kappa shape index (κ3) is 3.11. The van der Waals surface area contributed by atoms with E-state index in [1.165, 1.54) is 32.1 Å². The summed E-state index contributed by atoms with van der Waals surface area (Å²) in [6.07, 6.45) is 10.3. The van der Waals surface area contributed by atoms with E-state index in [-0.39, 0.29) is 35.3 Å². The van der Waals surface area contributed by atoms with Crippen LogP contribution in [-0.4, -0.2) is 36.4 Å². The Balaban J connectivity index is 1.22. The zero-order valence-corrected chi connectivity index (χ0v) is 21.8. The standard InChI is InChI=1S/C29H44O5/c1-16-12-25(31)29(32-15-16)17(2)26-24(34-29)14-23-21-7-6-19-13-20(33-18(3)30)8-10-27(19,4)22(21)9-11-28(23,26)5/h16-17,19-24,26H,6-15H2,1-5H3. The molecule has 2 aliphatic heterocycles. The van der Waals surface area contributed by atoms with E-state index in [0.29, 0.717) is 42.1 Å². The lowest BCUT2D eigenvalue weighted by molar-refractivity contribution is -0.252. The van der Waals surface area contributed by atoms with Crippen LogP contribution in [0.2, 0.25) is 0 Å². The van der Waals surface area contributed by atoms with Crippen LogP contribution in [-0.2, 0) is 23.8 Å². The largest absolute Gasteiger partial charge is 0.463 e. The molecule has 0 bridgehead atoms. The summed E-state index contributed by atoms with van der Waals surface area (Å²) >= 11 is 0. The van der Waals surface area contributed by atoms with Crippen LogP contribution in [0.5, 0.6) is 0 Å². The molecule has 2 saturated heterocycles. The predicted octanol–water partition coefficient (Wildman–Crippen LogP) is 5.54. The highest BCUT2D eigenvalue weighted by atomic mass is 16.7. The zero-order valence-electron chi connectivity index (χ0n) is 21.8. The van der Waals surface area contributed by atoms with Gasteiger partial charge in [-0.1, -0.05) is 27.7 Å². The number of ether oxygens (including phenoxy) is 3. The molecule has 6 rings (SSSR count). The minimum absolute atomic E-state index is 0.119. The first kappa shape index (κ1) is 23.5. The summed E-state index contributed by atoms with van der Waals surface area (Å²) in [5.74, 6) is 2.79. The van der Waals surface area contributed by atoms with E-state index in [4.69, 9.17) is 14.2 Å². The van der Waals surface area contributed by atoms with Crippen LogP contribution in [0.15, 0.2) is 0 Å². The molecule has 12 unspecified atom stereocenters. The number of esters is 1. The monoisotopic (exact) mass is 472 g/mol. The Hall–Kier alpha value is -0.940. The van der Waals surface area contributed by atoms with E-state index in [0.717, 1.165) is 31.1 Å². The molecule has 5 nitrogen and oxygen atoms in total. The first-order valence-electron chi connectivity index (χ1n) is 14.1. The van der Waals surface area contributed by atoms with Crippen LogP contribution in [0.4, 0.5) is 0 Å². The van der Waals surface area contributed by atoms with Crippen LogP contribution in [0, 0.1) is 52.3 Å². The molecular formula is C29H44O5. The molecule has 190 valence electrons. The van der Waals surface area contributed by atoms with E-state index in [2.05, 4.69) is 27.7 Å². The maximum atomic E-state index is 13.2. The third-order valence-electron chi connectivity index (χ3n) is 12.0. The molecule has 6 fully saturated rings. The molecule has 0 amide bonds. The molecule has 2 heterocycles. The molecule has 12 atom stereocenters. The minimum Gasteiger partial charge on any atom is -0.463 e. The van der Waals surface area contributed by atoms with Crippen molar-refractivity contribution in [2.75, 3.05) is 6.61 Å². The molecule has 34 heavy (non-hydrogen) atoms. The number of carbonyl (C=O) groups is 2. The molecule has 0 radical (unpaired) electrons. The fourth-order valence-corrected chi connectivity index (χ4v) is 10.5. The average molecular weight is 473 g/mol. The molecule has 0 aromatic carbocycles. The topological polar surface area (TPSA) is 61.8 Å². The molecule has 4 saturated carbocycles. The van der Waals surface area contributed by atoms with Crippen molar-refractivity contribution in [1.29, 1.82) is 0 Å². The molecule has 1 spiro atoms. The minimum atomic E-state index is -0.981. The lowest BCUT2D eigenvalue weighted by Crippen LogP contribution is -2.56. The lowest BCUT2D eigenvalue weighted by Gasteiger charge is -2.61. The van der Waals surface area contributed by atoms with Gasteiger partial charge in [-0.15, -0.1) is 0 Å². The average Bonchev–Trinajstić information content (AvgIpc) is 3.22. The van der Waals surface area contributed by atoms with Gasteiger partial charge >= 0.3 is 5.97 Å². The Morgan fingerprint density at radius 3 is 2.50 bits per heavy atom. The maximum absolute atomic E-state index is 13.2. The van der Waals surface area contributed by atoms with Crippen molar-refractivity contribution in [2.24, 2.45) is 52.3 Å². The Kier molecular flexibility index (Phi) is 5.37. The quantitative estimate of drug-likeness (QED) is 0.469. The van der Waals surface area contributed by atoms with Gasteiger partial charge in [0, 0.05) is 19.3 Å². The lowest BCUT2D eigenvalue weighted by atomic mass is 9.44. The SMILES string of the molecule is CC(=O)OC1CCC2(C)C(CCC3C2CCC2(C)C3CC3OC4(OCC(C)CC4=O)C(C)C32)C1. The van der Waals surface area contributed by atoms with Crippen molar-refractivity contribution in [1.82, 2.24) is 0 Å². The van der Waals surface area contributed by atoms with Crippen LogP contribution in [0.1, 0.15) is 92.4 Å². The summed E-state index contributed by atoms with van der Waals surface area (Å²) < 4.78 is 18.6. The smallest absolute Gasteiger partial charge is 0.302 e. The van der Waals surface area contributed by atoms with Gasteiger partial charge in [-0.3, -0.25) is 9.59 Å². The number of rotatable bonds is 1. The number of carbonyl (C=O) groups excluding carboxylic acids is 2. The molecule has 6 aliphatic rings. The van der Waals surface area contributed by atoms with Gasteiger partial charge in [-0.25, -0.2) is 0 Å². The normalized spacial score (nSPS) is 56.4. The predicted molar refractivity (Wildman–Crippen MR) is 128 cm³/mol. The second kappa shape index (κ2) is 7.78. The first-order valence-corrected chi connectivity index (χ1v) is 14.1. The zero-order chi connectivity index (χ0) is 24.0.